The van der Waals surface area contributed by atoms with Gasteiger partial charge >= 0.3 is 0 Å². The summed E-state index contributed by atoms with van der Waals surface area (Å²) in [4.78, 5) is 4.16. The Morgan fingerprint density at radius 2 is 2.22 bits per heavy atom. The van der Waals surface area contributed by atoms with Gasteiger partial charge in [0.25, 0.3) is 0 Å². The van der Waals surface area contributed by atoms with Crippen LogP contribution in [0.25, 0.3) is 0 Å². The molecule has 96 valence electrons. The molecular formula is C11H13Cl2N5. The molecule has 7 heteroatoms. The van der Waals surface area contributed by atoms with E-state index < -0.39 is 0 Å². The molecule has 2 rings (SSSR count). The monoisotopic (exact) mass is 285 g/mol. The van der Waals surface area contributed by atoms with Crippen molar-refractivity contribution in [2.45, 2.75) is 12.5 Å². The summed E-state index contributed by atoms with van der Waals surface area (Å²) < 4.78 is 1.70. The standard InChI is InChI=1S/C11H13Cl2N5/c1-18-11(15-6-16-18)5-10(17-14)8-4-7(12)2-3-9(8)13/h2-4,6,10,17H,5,14H2,1H3. The lowest BCUT2D eigenvalue weighted by molar-refractivity contribution is 0.523. The van der Waals surface area contributed by atoms with Crippen LogP contribution in [-0.2, 0) is 13.5 Å². The number of rotatable bonds is 4. The van der Waals surface area contributed by atoms with Gasteiger partial charge in [-0.05, 0) is 23.8 Å². The quantitative estimate of drug-likeness (QED) is 0.665. The Labute approximate surface area is 115 Å². The molecule has 1 unspecified atom stereocenters. The van der Waals surface area contributed by atoms with Gasteiger partial charge < -0.3 is 0 Å². The maximum Gasteiger partial charge on any atom is 0.138 e. The van der Waals surface area contributed by atoms with Gasteiger partial charge in [-0.15, -0.1) is 0 Å². The molecule has 1 heterocycles. The van der Waals surface area contributed by atoms with E-state index in [1.54, 1.807) is 22.9 Å². The summed E-state index contributed by atoms with van der Waals surface area (Å²) in [5.41, 5.74) is 3.57. The van der Waals surface area contributed by atoms with E-state index in [-0.39, 0.29) is 6.04 Å². The molecule has 0 fully saturated rings. The van der Waals surface area contributed by atoms with Gasteiger partial charge in [-0.1, -0.05) is 23.2 Å². The maximum atomic E-state index is 6.15. The van der Waals surface area contributed by atoms with E-state index in [4.69, 9.17) is 29.0 Å². The molecule has 2 aromatic rings. The third-order valence-corrected chi connectivity index (χ3v) is 3.31. The lowest BCUT2D eigenvalue weighted by Crippen LogP contribution is -2.30. The highest BCUT2D eigenvalue weighted by molar-refractivity contribution is 6.33. The zero-order valence-electron chi connectivity index (χ0n) is 9.77. The molecule has 18 heavy (non-hydrogen) atoms. The van der Waals surface area contributed by atoms with Crippen molar-refractivity contribution in [1.29, 1.82) is 0 Å². The van der Waals surface area contributed by atoms with E-state index in [1.165, 1.54) is 6.33 Å². The lowest BCUT2D eigenvalue weighted by Gasteiger charge is -2.17. The molecule has 1 aromatic heterocycles. The minimum Gasteiger partial charge on any atom is -0.271 e. The Hall–Kier alpha value is -1.14. The molecule has 0 spiro atoms. The number of benzene rings is 1. The van der Waals surface area contributed by atoms with Crippen LogP contribution in [-0.4, -0.2) is 14.8 Å². The molecule has 0 radical (unpaired) electrons. The first-order valence-electron chi connectivity index (χ1n) is 5.35. The van der Waals surface area contributed by atoms with Crippen LogP contribution in [0.1, 0.15) is 17.4 Å². The molecular weight excluding hydrogens is 273 g/mol. The summed E-state index contributed by atoms with van der Waals surface area (Å²) in [7, 11) is 1.83. The molecule has 0 bridgehead atoms. The first-order chi connectivity index (χ1) is 8.61. The molecule has 0 saturated carbocycles. The number of hydrazine groups is 1. The van der Waals surface area contributed by atoms with E-state index in [0.717, 1.165) is 11.4 Å². The molecule has 1 aromatic carbocycles. The van der Waals surface area contributed by atoms with E-state index in [1.807, 2.05) is 7.05 Å². The second-order valence-corrected chi connectivity index (χ2v) is 4.73. The average Bonchev–Trinajstić information content (AvgIpc) is 2.75. The van der Waals surface area contributed by atoms with Crippen molar-refractivity contribution in [3.8, 4) is 0 Å². The SMILES string of the molecule is Cn1ncnc1CC(NN)c1cc(Cl)ccc1Cl. The minimum atomic E-state index is -0.168. The predicted molar refractivity (Wildman–Crippen MR) is 71.2 cm³/mol. The van der Waals surface area contributed by atoms with Crippen LogP contribution in [0.3, 0.4) is 0 Å². The number of nitrogens with two attached hydrogens (primary N) is 1. The van der Waals surface area contributed by atoms with Crippen LogP contribution in [0, 0.1) is 0 Å². The fraction of sp³-hybridized carbons (Fsp3) is 0.273. The molecule has 5 nitrogen and oxygen atoms in total. The van der Waals surface area contributed by atoms with Gasteiger partial charge in [-0.2, -0.15) is 5.10 Å². The van der Waals surface area contributed by atoms with Gasteiger partial charge in [0.05, 0.1) is 6.04 Å². The summed E-state index contributed by atoms with van der Waals surface area (Å²) in [6.07, 6.45) is 2.08. The van der Waals surface area contributed by atoms with Crippen molar-refractivity contribution in [3.63, 3.8) is 0 Å². The number of nitrogens with zero attached hydrogens (tertiary/aromatic N) is 3. The van der Waals surface area contributed by atoms with Crippen molar-refractivity contribution in [2.24, 2.45) is 12.9 Å². The van der Waals surface area contributed by atoms with Crippen LogP contribution in [0.15, 0.2) is 24.5 Å². The molecule has 1 atom stereocenters. The Morgan fingerprint density at radius 1 is 1.44 bits per heavy atom. The highest BCUT2D eigenvalue weighted by Crippen LogP contribution is 2.27. The normalized spacial score (nSPS) is 12.7. The van der Waals surface area contributed by atoms with Crippen molar-refractivity contribution in [1.82, 2.24) is 20.2 Å². The van der Waals surface area contributed by atoms with Crippen molar-refractivity contribution in [2.75, 3.05) is 0 Å². The van der Waals surface area contributed by atoms with Crippen LogP contribution in [0.5, 0.6) is 0 Å². The zero-order chi connectivity index (χ0) is 13.1. The number of aromatic nitrogens is 3. The summed E-state index contributed by atoms with van der Waals surface area (Å²) in [5, 5.41) is 5.25. The van der Waals surface area contributed by atoms with Crippen molar-refractivity contribution < 1.29 is 0 Å². The Morgan fingerprint density at radius 3 is 2.83 bits per heavy atom. The number of hydrogen-bond donors (Lipinski definition) is 2. The smallest absolute Gasteiger partial charge is 0.138 e. The Bertz CT molecular complexity index is 540. The molecule has 3 N–H and O–H groups in total. The van der Waals surface area contributed by atoms with Crippen molar-refractivity contribution >= 4 is 23.2 Å². The second-order valence-electron chi connectivity index (χ2n) is 3.89. The fourth-order valence-electron chi connectivity index (χ4n) is 1.73. The summed E-state index contributed by atoms with van der Waals surface area (Å²) in [6.45, 7) is 0. The highest BCUT2D eigenvalue weighted by atomic mass is 35.5. The van der Waals surface area contributed by atoms with Crippen LogP contribution >= 0.6 is 23.2 Å². The number of hydrogen-bond acceptors (Lipinski definition) is 4. The van der Waals surface area contributed by atoms with Crippen LogP contribution in [0.4, 0.5) is 0 Å². The summed E-state index contributed by atoms with van der Waals surface area (Å²) in [5.74, 6) is 6.40. The second kappa shape index (κ2) is 5.67. The van der Waals surface area contributed by atoms with Crippen LogP contribution < -0.4 is 11.3 Å². The fourth-order valence-corrected chi connectivity index (χ4v) is 2.16. The van der Waals surface area contributed by atoms with Gasteiger partial charge in [0.15, 0.2) is 0 Å². The van der Waals surface area contributed by atoms with Gasteiger partial charge in [0.2, 0.25) is 0 Å². The van der Waals surface area contributed by atoms with Gasteiger partial charge in [0.1, 0.15) is 12.2 Å². The van der Waals surface area contributed by atoms with E-state index in [9.17, 15) is 0 Å². The van der Waals surface area contributed by atoms with Crippen LogP contribution in [0.2, 0.25) is 10.0 Å². The maximum absolute atomic E-state index is 6.15. The van der Waals surface area contributed by atoms with E-state index in [2.05, 4.69) is 15.5 Å². The summed E-state index contributed by atoms with van der Waals surface area (Å²) >= 11 is 12.1. The van der Waals surface area contributed by atoms with Gasteiger partial charge in [0, 0.05) is 23.5 Å². The third kappa shape index (κ3) is 2.81. The van der Waals surface area contributed by atoms with Gasteiger partial charge in [-0.3, -0.25) is 16.0 Å². The molecule has 0 aliphatic heterocycles. The number of nitrogens with one attached hydrogen (secondary N) is 1. The zero-order valence-corrected chi connectivity index (χ0v) is 11.3. The predicted octanol–water partition coefficient (Wildman–Crippen LogP) is 1.87. The highest BCUT2D eigenvalue weighted by Gasteiger charge is 2.16. The molecule has 0 amide bonds. The molecule has 0 aliphatic rings. The first kappa shape index (κ1) is 13.3. The lowest BCUT2D eigenvalue weighted by atomic mass is 10.0. The van der Waals surface area contributed by atoms with E-state index in [0.29, 0.717) is 16.5 Å². The number of aryl methyl sites for hydroxylation is 1. The minimum absolute atomic E-state index is 0.168. The topological polar surface area (TPSA) is 68.8 Å². The Balaban J connectivity index is 2.28. The first-order valence-corrected chi connectivity index (χ1v) is 6.11. The van der Waals surface area contributed by atoms with Gasteiger partial charge in [-0.25, -0.2) is 4.98 Å². The largest absolute Gasteiger partial charge is 0.271 e. The number of halogens is 2. The third-order valence-electron chi connectivity index (χ3n) is 2.73. The average molecular weight is 286 g/mol. The summed E-state index contributed by atoms with van der Waals surface area (Å²) in [6, 6.07) is 5.12. The molecule has 0 aliphatic carbocycles. The van der Waals surface area contributed by atoms with Crippen molar-refractivity contribution in [3.05, 3.63) is 46.0 Å². The molecule has 0 saturated heterocycles. The van der Waals surface area contributed by atoms with E-state index >= 15 is 0 Å². The Kier molecular flexibility index (Phi) is 4.19.